The molecule has 0 saturated heterocycles. The summed E-state index contributed by atoms with van der Waals surface area (Å²) in [5.41, 5.74) is 2.55. The van der Waals surface area contributed by atoms with Crippen LogP contribution in [-0.2, 0) is 22.3 Å². The van der Waals surface area contributed by atoms with Gasteiger partial charge in [0.1, 0.15) is 19.0 Å². The Morgan fingerprint density at radius 2 is 2.00 bits per heavy atom. The number of aryl methyl sites for hydroxylation is 2. The maximum atomic E-state index is 12.4. The van der Waals surface area contributed by atoms with Crippen molar-refractivity contribution in [3.05, 3.63) is 39.7 Å². The Bertz CT molecular complexity index is 709. The summed E-state index contributed by atoms with van der Waals surface area (Å²) in [5, 5.41) is 4.37. The van der Waals surface area contributed by atoms with E-state index in [-0.39, 0.29) is 0 Å². The summed E-state index contributed by atoms with van der Waals surface area (Å²) in [6.07, 6.45) is 0. The number of hydrogen-bond donors (Lipinski definition) is 0. The van der Waals surface area contributed by atoms with Crippen molar-refractivity contribution >= 4 is 22.4 Å². The van der Waals surface area contributed by atoms with Gasteiger partial charge in [0.05, 0.1) is 16.5 Å². The molecule has 1 aliphatic heterocycles. The third-order valence-corrected chi connectivity index (χ3v) is 5.02. The van der Waals surface area contributed by atoms with Gasteiger partial charge >= 0.3 is 0 Å². The zero-order valence-electron chi connectivity index (χ0n) is 12.3. The van der Waals surface area contributed by atoms with E-state index in [0.29, 0.717) is 47.0 Å². The maximum Gasteiger partial charge on any atom is 0.179 e. The van der Waals surface area contributed by atoms with Crippen LogP contribution in [0.2, 0.25) is 5.02 Å². The van der Waals surface area contributed by atoms with Crippen molar-refractivity contribution in [2.24, 2.45) is 0 Å². The average Bonchev–Trinajstić information content (AvgIpc) is 2.79. The predicted molar refractivity (Wildman–Crippen MR) is 84.0 cm³/mol. The Kier molecular flexibility index (Phi) is 4.40. The molecular weight excluding hydrogens is 326 g/mol. The lowest BCUT2D eigenvalue weighted by Crippen LogP contribution is -2.16. The van der Waals surface area contributed by atoms with Crippen LogP contribution in [0, 0.1) is 13.8 Å². The number of ether oxygens (including phenoxy) is 2. The van der Waals surface area contributed by atoms with E-state index in [1.165, 1.54) is 0 Å². The molecule has 1 unspecified atom stereocenters. The number of aromatic nitrogens is 1. The first kappa shape index (κ1) is 15.4. The van der Waals surface area contributed by atoms with Gasteiger partial charge in [-0.25, -0.2) is 0 Å². The van der Waals surface area contributed by atoms with Gasteiger partial charge in [-0.2, -0.15) is 0 Å². The zero-order chi connectivity index (χ0) is 15.7. The molecule has 5 nitrogen and oxygen atoms in total. The molecule has 2 heterocycles. The lowest BCUT2D eigenvalue weighted by molar-refractivity contribution is 0.171. The molecule has 22 heavy (non-hydrogen) atoms. The molecule has 7 heteroatoms. The van der Waals surface area contributed by atoms with E-state index in [0.717, 1.165) is 16.8 Å². The van der Waals surface area contributed by atoms with Crippen LogP contribution in [0.1, 0.15) is 22.6 Å². The first-order chi connectivity index (χ1) is 10.5. The molecule has 2 aromatic rings. The molecular formula is C15H16ClNO4S. The van der Waals surface area contributed by atoms with Gasteiger partial charge in [-0.3, -0.25) is 4.21 Å². The number of hydrogen-bond acceptors (Lipinski definition) is 5. The van der Waals surface area contributed by atoms with E-state index in [1.54, 1.807) is 6.07 Å². The van der Waals surface area contributed by atoms with Gasteiger partial charge < -0.3 is 14.0 Å². The molecule has 1 aromatic carbocycles. The first-order valence-corrected chi connectivity index (χ1v) is 8.76. The molecule has 1 atom stereocenters. The largest absolute Gasteiger partial charge is 0.486 e. The Labute approximate surface area is 136 Å². The molecule has 0 fully saturated rings. The lowest BCUT2D eigenvalue weighted by atomic mass is 10.2. The molecule has 0 saturated carbocycles. The molecule has 0 bridgehead atoms. The second-order valence-corrected chi connectivity index (χ2v) is 7.00. The van der Waals surface area contributed by atoms with E-state index in [4.69, 9.17) is 25.6 Å². The standard InChI is InChI=1S/C15H16ClNO4S/c1-9-12(10(2)21-17-9)8-22(18)7-11-5-13(16)15-14(6-11)19-3-4-20-15/h5-6H,3-4,7-8H2,1-2H3. The van der Waals surface area contributed by atoms with Gasteiger partial charge in [0, 0.05) is 22.1 Å². The first-order valence-electron chi connectivity index (χ1n) is 6.89. The summed E-state index contributed by atoms with van der Waals surface area (Å²) in [4.78, 5) is 0. The van der Waals surface area contributed by atoms with Crippen molar-refractivity contribution in [3.63, 3.8) is 0 Å². The quantitative estimate of drug-likeness (QED) is 0.854. The van der Waals surface area contributed by atoms with Crippen LogP contribution < -0.4 is 9.47 Å². The van der Waals surface area contributed by atoms with E-state index in [2.05, 4.69) is 5.16 Å². The van der Waals surface area contributed by atoms with Gasteiger partial charge in [0.15, 0.2) is 11.5 Å². The van der Waals surface area contributed by atoms with Crippen molar-refractivity contribution in [3.8, 4) is 11.5 Å². The van der Waals surface area contributed by atoms with Crippen molar-refractivity contribution in [2.75, 3.05) is 13.2 Å². The molecule has 1 aliphatic rings. The molecule has 0 N–H and O–H groups in total. The van der Waals surface area contributed by atoms with Gasteiger partial charge in [-0.15, -0.1) is 0 Å². The predicted octanol–water partition coefficient (Wildman–Crippen LogP) is 3.16. The fourth-order valence-corrected chi connectivity index (χ4v) is 4.02. The third kappa shape index (κ3) is 3.13. The number of rotatable bonds is 4. The fourth-order valence-electron chi connectivity index (χ4n) is 2.35. The maximum absolute atomic E-state index is 12.4. The molecule has 1 aromatic heterocycles. The second-order valence-electron chi connectivity index (χ2n) is 5.13. The van der Waals surface area contributed by atoms with Crippen LogP contribution in [-0.4, -0.2) is 22.6 Å². The van der Waals surface area contributed by atoms with Crippen molar-refractivity contribution in [2.45, 2.75) is 25.4 Å². The monoisotopic (exact) mass is 341 g/mol. The number of halogens is 1. The van der Waals surface area contributed by atoms with E-state index in [1.807, 2.05) is 19.9 Å². The summed E-state index contributed by atoms with van der Waals surface area (Å²) in [6, 6.07) is 3.62. The summed E-state index contributed by atoms with van der Waals surface area (Å²) in [5.74, 6) is 2.69. The summed E-state index contributed by atoms with van der Waals surface area (Å²) in [6.45, 7) is 4.66. The Hall–Kier alpha value is -1.53. The SMILES string of the molecule is Cc1noc(C)c1CS(=O)Cc1cc(Cl)c2c(c1)OCCO2. The molecule has 0 amide bonds. The minimum atomic E-state index is -1.09. The van der Waals surface area contributed by atoms with Crippen LogP contribution in [0.4, 0.5) is 0 Å². The molecule has 0 aliphatic carbocycles. The fraction of sp³-hybridized carbons (Fsp3) is 0.400. The van der Waals surface area contributed by atoms with Crippen molar-refractivity contribution in [1.29, 1.82) is 0 Å². The molecule has 118 valence electrons. The van der Waals surface area contributed by atoms with Crippen LogP contribution in [0.15, 0.2) is 16.7 Å². The van der Waals surface area contributed by atoms with E-state index in [9.17, 15) is 4.21 Å². The zero-order valence-corrected chi connectivity index (χ0v) is 13.9. The summed E-state index contributed by atoms with van der Waals surface area (Å²) >= 11 is 6.20. The van der Waals surface area contributed by atoms with Crippen molar-refractivity contribution < 1.29 is 18.2 Å². The van der Waals surface area contributed by atoms with Gasteiger partial charge in [0.25, 0.3) is 0 Å². The highest BCUT2D eigenvalue weighted by molar-refractivity contribution is 7.83. The van der Waals surface area contributed by atoms with Gasteiger partial charge in [-0.1, -0.05) is 16.8 Å². The van der Waals surface area contributed by atoms with Gasteiger partial charge in [-0.05, 0) is 31.5 Å². The topological polar surface area (TPSA) is 61.6 Å². The van der Waals surface area contributed by atoms with Crippen LogP contribution in [0.3, 0.4) is 0 Å². The Morgan fingerprint density at radius 3 is 2.73 bits per heavy atom. The average molecular weight is 342 g/mol. The second kappa shape index (κ2) is 6.30. The highest BCUT2D eigenvalue weighted by Crippen LogP contribution is 2.38. The van der Waals surface area contributed by atoms with Gasteiger partial charge in [0.2, 0.25) is 0 Å². The van der Waals surface area contributed by atoms with Crippen LogP contribution >= 0.6 is 11.6 Å². The lowest BCUT2D eigenvalue weighted by Gasteiger charge is -2.20. The van der Waals surface area contributed by atoms with E-state index >= 15 is 0 Å². The number of fused-ring (bicyclic) bond motifs is 1. The van der Waals surface area contributed by atoms with Crippen molar-refractivity contribution in [1.82, 2.24) is 5.16 Å². The Morgan fingerprint density at radius 1 is 1.23 bits per heavy atom. The summed E-state index contributed by atoms with van der Waals surface area (Å²) in [7, 11) is -1.09. The number of benzene rings is 1. The molecule has 0 radical (unpaired) electrons. The smallest absolute Gasteiger partial charge is 0.179 e. The van der Waals surface area contributed by atoms with E-state index < -0.39 is 10.8 Å². The highest BCUT2D eigenvalue weighted by atomic mass is 35.5. The third-order valence-electron chi connectivity index (χ3n) is 3.47. The van der Waals surface area contributed by atoms with Crippen LogP contribution in [0.25, 0.3) is 0 Å². The van der Waals surface area contributed by atoms with Crippen LogP contribution in [0.5, 0.6) is 11.5 Å². The minimum absolute atomic E-state index is 0.389. The number of nitrogens with zero attached hydrogens (tertiary/aromatic N) is 1. The normalized spacial score (nSPS) is 14.9. The molecule has 0 spiro atoms. The summed E-state index contributed by atoms with van der Waals surface area (Å²) < 4.78 is 28.5. The molecule has 3 rings (SSSR count). The minimum Gasteiger partial charge on any atom is -0.486 e. The Balaban J connectivity index is 1.76. The highest BCUT2D eigenvalue weighted by Gasteiger charge is 2.18.